The second-order valence-corrected chi connectivity index (χ2v) is 16.5. The molecule has 0 aromatic carbocycles. The first-order valence-corrected chi connectivity index (χ1v) is 24.7. The molecule has 0 bridgehead atoms. The van der Waals surface area contributed by atoms with Crippen LogP contribution in [0, 0.1) is 0 Å². The molecule has 0 aromatic heterocycles. The van der Waals surface area contributed by atoms with Crippen LogP contribution >= 0.6 is 11.8 Å². The molecule has 3 rings (SSSR count). The Balaban J connectivity index is 0.00000499. The number of hydrogen-bond donors (Lipinski definition) is 2. The fraction of sp³-hybridized carbons (Fsp3) is 0.884. The van der Waals surface area contributed by atoms with Gasteiger partial charge in [0.25, 0.3) is 11.8 Å². The fourth-order valence-corrected chi connectivity index (χ4v) is 7.83. The van der Waals surface area contributed by atoms with Crippen molar-refractivity contribution in [1.82, 2.24) is 15.7 Å². The summed E-state index contributed by atoms with van der Waals surface area (Å²) in [5, 5.41) is 6.94. The van der Waals surface area contributed by atoms with Crippen LogP contribution in [0.4, 0.5) is 4.79 Å². The highest BCUT2D eigenvalue weighted by molar-refractivity contribution is 8.00. The first kappa shape index (κ1) is 60.6. The van der Waals surface area contributed by atoms with Crippen LogP contribution in [0.15, 0.2) is 4.36 Å². The Morgan fingerprint density at radius 3 is 1.30 bits per heavy atom. The lowest BCUT2D eigenvalue weighted by Gasteiger charge is -2.16. The molecule has 67 heavy (non-hydrogen) atoms. The van der Waals surface area contributed by atoms with Crippen molar-refractivity contribution in [3.63, 3.8) is 0 Å². The van der Waals surface area contributed by atoms with Gasteiger partial charge in [0.1, 0.15) is 5.78 Å². The van der Waals surface area contributed by atoms with Crippen LogP contribution in [0.5, 0.6) is 0 Å². The topological polar surface area (TPSA) is 245 Å². The van der Waals surface area contributed by atoms with Crippen molar-refractivity contribution in [3.05, 3.63) is 0 Å². The molecule has 2 N–H and O–H groups in total. The average Bonchev–Trinajstić information content (AvgIpc) is 3.98. The molecule has 388 valence electrons. The van der Waals surface area contributed by atoms with Crippen LogP contribution in [-0.4, -0.2) is 223 Å². The quantitative estimate of drug-likeness (QED) is 0.0500. The summed E-state index contributed by atoms with van der Waals surface area (Å²) in [5.74, 6) is -0.482. The van der Waals surface area contributed by atoms with E-state index in [1.165, 1.54) is 0 Å². The van der Waals surface area contributed by atoms with Crippen molar-refractivity contribution in [1.29, 1.82) is 0 Å². The lowest BCUT2D eigenvalue weighted by Crippen LogP contribution is -2.36. The highest BCUT2D eigenvalue weighted by Crippen LogP contribution is 2.33. The number of amides is 4. The van der Waals surface area contributed by atoms with Gasteiger partial charge in [-0.15, -0.1) is 5.06 Å². The molecule has 24 heteroatoms. The maximum atomic E-state index is 12.2. The number of urea groups is 1. The zero-order valence-electron chi connectivity index (χ0n) is 39.3. The Morgan fingerprint density at radius 1 is 0.537 bits per heavy atom. The van der Waals surface area contributed by atoms with Crippen molar-refractivity contribution in [3.8, 4) is 0 Å². The van der Waals surface area contributed by atoms with Gasteiger partial charge in [0, 0.05) is 62.8 Å². The van der Waals surface area contributed by atoms with Crippen LogP contribution in [0.2, 0.25) is 0 Å². The number of ketones is 1. The number of carbonyl (C=O) groups excluding carboxylic acids is 5. The molecule has 3 fully saturated rings. The number of imide groups is 1. The van der Waals surface area contributed by atoms with Crippen LogP contribution in [0.25, 0.3) is 0 Å². The van der Waals surface area contributed by atoms with Crippen LogP contribution in [0.1, 0.15) is 57.8 Å². The minimum atomic E-state index is -0.703. The van der Waals surface area contributed by atoms with Gasteiger partial charge >= 0.3 is 12.0 Å². The standard InChI is InChI=1S/C42H73N3O18S.CH3NS/c46-35(4-1-2-6-37-41-36(34-64-37)43-42(50)44-41)5-3-10-51-12-14-53-16-18-55-20-22-57-24-26-59-28-30-61-32-33-62-31-29-60-27-25-58-23-21-56-19-17-54-15-13-52-11-9-40(49)63-45-38(47)7-8-39(45)48;1-2-3/h36-37,41H,1-34H2,(H2,43,44,50);1H3. The average molecular weight is 1000 g/mol. The second kappa shape index (κ2) is 43.5. The van der Waals surface area contributed by atoms with E-state index in [0.29, 0.717) is 169 Å². The predicted molar refractivity (Wildman–Crippen MR) is 246 cm³/mol. The van der Waals surface area contributed by atoms with Gasteiger partial charge in [0.15, 0.2) is 0 Å². The number of carbonyl (C=O) groups is 5. The van der Waals surface area contributed by atoms with Crippen molar-refractivity contribution >= 4 is 53.8 Å². The Morgan fingerprint density at radius 2 is 0.896 bits per heavy atom. The number of unbranched alkanes of at least 4 members (excludes halogenated alkanes) is 1. The third-order valence-corrected chi connectivity index (χ3v) is 11.1. The first-order chi connectivity index (χ1) is 32.8. The largest absolute Gasteiger partial charge is 0.379 e. The second-order valence-electron chi connectivity index (χ2n) is 14.8. The molecule has 3 saturated heterocycles. The summed E-state index contributed by atoms with van der Waals surface area (Å²) in [6, 6.07) is 0.422. The molecule has 3 unspecified atom stereocenters. The van der Waals surface area contributed by atoms with E-state index < -0.39 is 17.8 Å². The summed E-state index contributed by atoms with van der Waals surface area (Å²) >= 11 is 5.93. The number of ether oxygens (including phenoxy) is 12. The molecule has 0 saturated carbocycles. The molecule has 4 amide bonds. The summed E-state index contributed by atoms with van der Waals surface area (Å²) in [7, 11) is 1.56. The summed E-state index contributed by atoms with van der Waals surface area (Å²) in [6.45, 7) is 10.4. The Kier molecular flexibility index (Phi) is 39.3. The number of hydroxylamine groups is 2. The molecule has 3 aliphatic heterocycles. The Labute approximate surface area is 404 Å². The number of nitrogens with zero attached hydrogens (tertiary/aromatic N) is 2. The summed E-state index contributed by atoms with van der Waals surface area (Å²) in [6.07, 6.45) is 4.84. The van der Waals surface area contributed by atoms with E-state index in [9.17, 15) is 24.0 Å². The lowest BCUT2D eigenvalue weighted by molar-refractivity contribution is -0.198. The number of fused-ring (bicyclic) bond motifs is 1. The highest BCUT2D eigenvalue weighted by atomic mass is 32.2. The van der Waals surface area contributed by atoms with E-state index in [1.807, 2.05) is 11.8 Å². The normalized spacial score (nSPS) is 17.6. The van der Waals surface area contributed by atoms with E-state index in [0.717, 1.165) is 31.4 Å². The third kappa shape index (κ3) is 33.6. The van der Waals surface area contributed by atoms with Crippen LogP contribution in [-0.2, 0) is 93.3 Å². The first-order valence-electron chi connectivity index (χ1n) is 23.3. The van der Waals surface area contributed by atoms with E-state index in [4.69, 9.17) is 61.7 Å². The van der Waals surface area contributed by atoms with Gasteiger partial charge in [-0.05, 0) is 19.3 Å². The van der Waals surface area contributed by atoms with Gasteiger partial charge in [-0.2, -0.15) is 11.8 Å². The number of hydrogen-bond acceptors (Lipinski definition) is 21. The number of nitrogens with one attached hydrogen (secondary N) is 2. The maximum Gasteiger partial charge on any atom is 0.335 e. The molecular weight excluding hydrogens is 925 g/mol. The number of Topliss-reactive ketones (excluding diaryl/α,β-unsaturated/α-hetero) is 1. The van der Waals surface area contributed by atoms with Crippen LogP contribution < -0.4 is 10.6 Å². The number of rotatable bonds is 46. The smallest absolute Gasteiger partial charge is 0.335 e. The van der Waals surface area contributed by atoms with Gasteiger partial charge in [0.05, 0.1) is 170 Å². The molecule has 0 radical (unpaired) electrons. The van der Waals surface area contributed by atoms with Crippen molar-refractivity contribution < 1.29 is 85.7 Å². The van der Waals surface area contributed by atoms with Gasteiger partial charge < -0.3 is 72.3 Å². The van der Waals surface area contributed by atoms with Gasteiger partial charge in [-0.1, -0.05) is 6.42 Å². The minimum Gasteiger partial charge on any atom is -0.379 e. The zero-order valence-corrected chi connectivity index (χ0v) is 41.0. The molecule has 0 aliphatic carbocycles. The SMILES string of the molecule is CN=S.O=C(CCCCC1SCC2NC(=O)NC21)CCCOCCOCCOCCOCCOCCOCCOCCOCCOCCOCCOCCOCCC(=O)ON1C(=O)CCC1=O. The summed E-state index contributed by atoms with van der Waals surface area (Å²) < 4.78 is 68.7. The molecule has 22 nitrogen and oxygen atoms in total. The summed E-state index contributed by atoms with van der Waals surface area (Å²) in [5.41, 5.74) is 0. The van der Waals surface area contributed by atoms with E-state index in [1.54, 1.807) is 7.05 Å². The fourth-order valence-electron chi connectivity index (χ4n) is 6.29. The summed E-state index contributed by atoms with van der Waals surface area (Å²) in [4.78, 5) is 62.9. The molecule has 3 heterocycles. The Bertz CT molecular complexity index is 1300. The van der Waals surface area contributed by atoms with Gasteiger partial charge in [-0.25, -0.2) is 14.0 Å². The minimum absolute atomic E-state index is 0.0545. The van der Waals surface area contributed by atoms with Crippen LogP contribution in [0.3, 0.4) is 0 Å². The van der Waals surface area contributed by atoms with Gasteiger partial charge in [0.2, 0.25) is 0 Å². The Hall–Kier alpha value is -2.56. The lowest BCUT2D eigenvalue weighted by atomic mass is 10.0. The molecule has 3 aliphatic rings. The maximum absolute atomic E-state index is 12.2. The van der Waals surface area contributed by atoms with E-state index >= 15 is 0 Å². The van der Waals surface area contributed by atoms with Crippen molar-refractivity contribution in [2.75, 3.05) is 171 Å². The molecule has 0 aromatic rings. The van der Waals surface area contributed by atoms with Crippen molar-refractivity contribution in [2.24, 2.45) is 4.36 Å². The molecular formula is C43H76N4O18S2. The predicted octanol–water partition coefficient (Wildman–Crippen LogP) is 1.60. The van der Waals surface area contributed by atoms with Crippen molar-refractivity contribution in [2.45, 2.75) is 75.1 Å². The molecule has 0 spiro atoms. The number of thioether (sulfide) groups is 1. The highest BCUT2D eigenvalue weighted by Gasteiger charge is 2.42. The third-order valence-electron chi connectivity index (χ3n) is 9.62. The monoisotopic (exact) mass is 1000 g/mol. The zero-order chi connectivity index (χ0) is 48.3. The van der Waals surface area contributed by atoms with E-state index in [-0.39, 0.29) is 56.4 Å². The molecule has 3 atom stereocenters. The van der Waals surface area contributed by atoms with E-state index in [2.05, 4.69) is 27.4 Å². The van der Waals surface area contributed by atoms with Gasteiger partial charge in [-0.3, -0.25) is 14.4 Å².